The van der Waals surface area contributed by atoms with Crippen molar-refractivity contribution >= 4 is 45.6 Å². The SMILES string of the molecule is Clc1ccc(CC(Cl)c2ccc(Cl)c3ccccc23)cc1. The molecule has 1 atom stereocenters. The predicted molar refractivity (Wildman–Crippen MR) is 92.7 cm³/mol. The highest BCUT2D eigenvalue weighted by atomic mass is 35.5. The van der Waals surface area contributed by atoms with Gasteiger partial charge in [-0.05, 0) is 41.1 Å². The highest BCUT2D eigenvalue weighted by Gasteiger charge is 2.13. The third-order valence-electron chi connectivity index (χ3n) is 3.57. The van der Waals surface area contributed by atoms with Crippen molar-refractivity contribution in [3.63, 3.8) is 0 Å². The van der Waals surface area contributed by atoms with Crippen molar-refractivity contribution < 1.29 is 0 Å². The Morgan fingerprint density at radius 3 is 2.14 bits per heavy atom. The standard InChI is InChI=1S/C18H13Cl3/c19-13-7-5-12(6-8-13)11-18(21)16-9-10-17(20)15-4-2-1-3-14(15)16/h1-10,18H,11H2. The van der Waals surface area contributed by atoms with Crippen molar-refractivity contribution in [2.24, 2.45) is 0 Å². The van der Waals surface area contributed by atoms with Crippen molar-refractivity contribution in [3.8, 4) is 0 Å². The van der Waals surface area contributed by atoms with Crippen molar-refractivity contribution in [2.45, 2.75) is 11.8 Å². The fraction of sp³-hybridized carbons (Fsp3) is 0.111. The maximum Gasteiger partial charge on any atom is 0.0631 e. The van der Waals surface area contributed by atoms with Crippen LogP contribution in [-0.2, 0) is 6.42 Å². The van der Waals surface area contributed by atoms with Crippen LogP contribution in [0.3, 0.4) is 0 Å². The first kappa shape index (κ1) is 14.7. The van der Waals surface area contributed by atoms with Gasteiger partial charge in [-0.3, -0.25) is 0 Å². The van der Waals surface area contributed by atoms with Gasteiger partial charge in [0.05, 0.1) is 5.38 Å². The van der Waals surface area contributed by atoms with Crippen molar-refractivity contribution in [1.29, 1.82) is 0 Å². The summed E-state index contributed by atoms with van der Waals surface area (Å²) in [7, 11) is 0. The average Bonchev–Trinajstić information content (AvgIpc) is 2.50. The zero-order valence-electron chi connectivity index (χ0n) is 11.2. The molecule has 0 bridgehead atoms. The van der Waals surface area contributed by atoms with Crippen LogP contribution in [0.5, 0.6) is 0 Å². The van der Waals surface area contributed by atoms with Crippen LogP contribution in [0.2, 0.25) is 10.0 Å². The highest BCUT2D eigenvalue weighted by molar-refractivity contribution is 6.36. The molecule has 0 nitrogen and oxygen atoms in total. The minimum Gasteiger partial charge on any atom is -0.117 e. The first-order valence-electron chi connectivity index (χ1n) is 6.71. The Morgan fingerprint density at radius 2 is 1.43 bits per heavy atom. The number of rotatable bonds is 3. The number of hydrogen-bond acceptors (Lipinski definition) is 0. The summed E-state index contributed by atoms with van der Waals surface area (Å²) in [6, 6.07) is 19.8. The summed E-state index contributed by atoms with van der Waals surface area (Å²) in [6.45, 7) is 0. The van der Waals surface area contributed by atoms with Gasteiger partial charge >= 0.3 is 0 Å². The summed E-state index contributed by atoms with van der Waals surface area (Å²) >= 11 is 18.8. The van der Waals surface area contributed by atoms with E-state index in [4.69, 9.17) is 34.8 Å². The lowest BCUT2D eigenvalue weighted by Gasteiger charge is -2.14. The van der Waals surface area contributed by atoms with Gasteiger partial charge in [0.1, 0.15) is 0 Å². The van der Waals surface area contributed by atoms with E-state index in [1.165, 1.54) is 5.56 Å². The molecule has 0 aromatic heterocycles. The first-order valence-corrected chi connectivity index (χ1v) is 7.90. The van der Waals surface area contributed by atoms with Gasteiger partial charge in [-0.25, -0.2) is 0 Å². The maximum absolute atomic E-state index is 6.64. The molecule has 0 saturated heterocycles. The summed E-state index contributed by atoms with van der Waals surface area (Å²) in [6.07, 6.45) is 0.754. The minimum absolute atomic E-state index is 0.103. The molecular weight excluding hydrogens is 323 g/mol. The Labute approximate surface area is 139 Å². The lowest BCUT2D eigenvalue weighted by Crippen LogP contribution is -1.97. The van der Waals surface area contributed by atoms with Gasteiger partial charge in [0, 0.05) is 15.4 Å². The summed E-state index contributed by atoms with van der Waals surface area (Å²) < 4.78 is 0. The highest BCUT2D eigenvalue weighted by Crippen LogP contribution is 2.34. The third kappa shape index (κ3) is 3.18. The molecule has 0 spiro atoms. The van der Waals surface area contributed by atoms with E-state index in [1.54, 1.807) is 0 Å². The van der Waals surface area contributed by atoms with Gasteiger partial charge in [-0.1, -0.05) is 65.7 Å². The van der Waals surface area contributed by atoms with Crippen LogP contribution < -0.4 is 0 Å². The minimum atomic E-state index is -0.103. The number of halogens is 3. The number of fused-ring (bicyclic) bond motifs is 1. The van der Waals surface area contributed by atoms with E-state index >= 15 is 0 Å². The predicted octanol–water partition coefficient (Wildman–Crippen LogP) is 6.67. The Morgan fingerprint density at radius 1 is 0.762 bits per heavy atom. The molecule has 0 aliphatic carbocycles. The van der Waals surface area contributed by atoms with E-state index in [-0.39, 0.29) is 5.38 Å². The van der Waals surface area contributed by atoms with Gasteiger partial charge in [0.2, 0.25) is 0 Å². The summed E-state index contributed by atoms with van der Waals surface area (Å²) in [5.74, 6) is 0. The molecule has 0 fully saturated rings. The zero-order valence-corrected chi connectivity index (χ0v) is 13.5. The van der Waals surface area contributed by atoms with Gasteiger partial charge in [0.25, 0.3) is 0 Å². The number of benzene rings is 3. The zero-order chi connectivity index (χ0) is 14.8. The molecule has 3 heteroatoms. The van der Waals surface area contributed by atoms with Crippen LogP contribution in [0.4, 0.5) is 0 Å². The van der Waals surface area contributed by atoms with Crippen LogP contribution in [0.25, 0.3) is 10.8 Å². The lowest BCUT2D eigenvalue weighted by atomic mass is 9.98. The fourth-order valence-corrected chi connectivity index (χ4v) is 3.22. The van der Waals surface area contributed by atoms with Crippen LogP contribution in [0.1, 0.15) is 16.5 Å². The molecular formula is C18H13Cl3. The Kier molecular flexibility index (Phi) is 4.40. The molecule has 0 heterocycles. The molecule has 106 valence electrons. The Hall–Kier alpha value is -1.21. The largest absolute Gasteiger partial charge is 0.117 e. The second-order valence-electron chi connectivity index (χ2n) is 4.98. The molecule has 3 rings (SSSR count). The Balaban J connectivity index is 1.96. The van der Waals surface area contributed by atoms with E-state index in [0.29, 0.717) is 0 Å². The molecule has 1 unspecified atom stereocenters. The molecule has 21 heavy (non-hydrogen) atoms. The van der Waals surface area contributed by atoms with E-state index < -0.39 is 0 Å². The van der Waals surface area contributed by atoms with Crippen LogP contribution >= 0.6 is 34.8 Å². The summed E-state index contributed by atoms with van der Waals surface area (Å²) in [4.78, 5) is 0. The van der Waals surface area contributed by atoms with Crippen molar-refractivity contribution in [3.05, 3.63) is 81.8 Å². The van der Waals surface area contributed by atoms with Gasteiger partial charge in [-0.2, -0.15) is 0 Å². The fourth-order valence-electron chi connectivity index (χ4n) is 2.50. The summed E-state index contributed by atoms with van der Waals surface area (Å²) in [5, 5.41) is 3.54. The smallest absolute Gasteiger partial charge is 0.0631 e. The molecule has 0 radical (unpaired) electrons. The quantitative estimate of drug-likeness (QED) is 0.469. The molecule has 3 aromatic rings. The topological polar surface area (TPSA) is 0 Å². The number of hydrogen-bond donors (Lipinski definition) is 0. The van der Waals surface area contributed by atoms with E-state index in [9.17, 15) is 0 Å². The molecule has 0 aliphatic heterocycles. The third-order valence-corrected chi connectivity index (χ3v) is 4.54. The molecule has 0 N–H and O–H groups in total. The van der Waals surface area contributed by atoms with E-state index in [1.807, 2.05) is 54.6 Å². The first-order chi connectivity index (χ1) is 10.1. The second-order valence-corrected chi connectivity index (χ2v) is 6.35. The molecule has 0 saturated carbocycles. The van der Waals surface area contributed by atoms with E-state index in [2.05, 4.69) is 6.07 Å². The maximum atomic E-state index is 6.64. The van der Waals surface area contributed by atoms with Crippen LogP contribution in [0, 0.1) is 0 Å². The van der Waals surface area contributed by atoms with E-state index in [0.717, 1.165) is 32.8 Å². The van der Waals surface area contributed by atoms with Gasteiger partial charge < -0.3 is 0 Å². The average molecular weight is 336 g/mol. The molecule has 0 amide bonds. The normalized spacial score (nSPS) is 12.5. The van der Waals surface area contributed by atoms with Crippen molar-refractivity contribution in [1.82, 2.24) is 0 Å². The monoisotopic (exact) mass is 334 g/mol. The van der Waals surface area contributed by atoms with Gasteiger partial charge in [0.15, 0.2) is 0 Å². The van der Waals surface area contributed by atoms with Crippen LogP contribution in [0.15, 0.2) is 60.7 Å². The van der Waals surface area contributed by atoms with Crippen molar-refractivity contribution in [2.75, 3.05) is 0 Å². The lowest BCUT2D eigenvalue weighted by molar-refractivity contribution is 0.928. The molecule has 0 aliphatic rings. The number of alkyl halides is 1. The van der Waals surface area contributed by atoms with Crippen LogP contribution in [-0.4, -0.2) is 0 Å². The second kappa shape index (κ2) is 6.27. The molecule has 3 aromatic carbocycles. The Bertz CT molecular complexity index is 763. The van der Waals surface area contributed by atoms with Gasteiger partial charge in [-0.15, -0.1) is 11.6 Å². The summed E-state index contributed by atoms with van der Waals surface area (Å²) in [5.41, 5.74) is 2.27.